The van der Waals surface area contributed by atoms with Crippen LogP contribution in [0.5, 0.6) is 40.2 Å². The first-order chi connectivity index (χ1) is 63.7. The van der Waals surface area contributed by atoms with Crippen molar-refractivity contribution < 1.29 is 99.1 Å². The minimum Gasteiger partial charge on any atom is -0.502 e. The Morgan fingerprint density at radius 1 is 0.444 bits per heavy atom. The van der Waals surface area contributed by atoms with E-state index in [0.717, 1.165) is 103 Å². The summed E-state index contributed by atoms with van der Waals surface area (Å²) < 4.78 is 116. The van der Waals surface area contributed by atoms with E-state index in [0.29, 0.717) is 108 Å². The molecule has 11 aromatic carbocycles. The second-order valence-electron chi connectivity index (χ2n) is 32.5. The number of nitrogens with two attached hydrogens (primary N) is 1. The summed E-state index contributed by atoms with van der Waals surface area (Å²) >= 11 is 0. The Labute approximate surface area is 775 Å². The molecule has 0 fully saturated rings. The quantitative estimate of drug-likeness (QED) is 0.00475. The average Bonchev–Trinajstić information content (AvgIpc) is 0.788. The maximum Gasteiger partial charge on any atom is 0.407 e. The largest absolute Gasteiger partial charge is 0.502 e. The molecule has 0 bridgehead atoms. The zero-order valence-electron chi connectivity index (χ0n) is 76.6. The number of ether oxygens (including phenoxy) is 9. The first kappa shape index (κ1) is 106. The van der Waals surface area contributed by atoms with Gasteiger partial charge in [-0.15, -0.1) is 0 Å². The van der Waals surface area contributed by atoms with Gasteiger partial charge in [-0.1, -0.05) is 158 Å². The van der Waals surface area contributed by atoms with Crippen molar-refractivity contribution in [2.45, 2.75) is 164 Å². The van der Waals surface area contributed by atoms with Gasteiger partial charge in [-0.2, -0.15) is 14.0 Å². The molecule has 0 aliphatic carbocycles. The Bertz CT molecular complexity index is 5600. The number of amides is 3. The van der Waals surface area contributed by atoms with Gasteiger partial charge in [-0.3, -0.25) is 4.79 Å². The summed E-state index contributed by atoms with van der Waals surface area (Å²) in [5.74, 6) is -11.0. The SMILES string of the molecule is C=Cc1cc(OCc2ccccc2)ccc1CCNC(=O)OC(C)(C)C.CC(C)(C)OC(=O)NCCc1ccc(OCc2ccccc2)cc1CCO.CC(C)Oc1ccc(C(=O)Oc2c(F)c(F)c(F)c(F)c2F)cc1C#N.NCCc1ccc(OCc2ccccc2)cc1CCO.[C-]#[N+]c1cc(C(=O)NCCc2ccc(OCc3ccccc3)cc2CCO)ccc1OC(C)C. The molecular formula is C106H117F5N6O16. The lowest BCUT2D eigenvalue weighted by molar-refractivity contribution is 0.0517. The van der Waals surface area contributed by atoms with E-state index in [1.165, 1.54) is 11.6 Å². The van der Waals surface area contributed by atoms with E-state index in [4.69, 9.17) is 60.6 Å². The number of nitriles is 1. The van der Waals surface area contributed by atoms with Gasteiger partial charge in [0.25, 0.3) is 0 Å². The highest BCUT2D eigenvalue weighted by molar-refractivity contribution is 5.96. The van der Waals surface area contributed by atoms with E-state index in [1.54, 1.807) is 44.2 Å². The number of hydrogen-bond donors (Lipinski definition) is 7. The molecule has 133 heavy (non-hydrogen) atoms. The van der Waals surface area contributed by atoms with Crippen LogP contribution >= 0.6 is 0 Å². The molecule has 11 rings (SSSR count). The zero-order chi connectivity index (χ0) is 96.8. The van der Waals surface area contributed by atoms with Crippen LogP contribution in [0.25, 0.3) is 10.9 Å². The molecule has 0 saturated heterocycles. The smallest absolute Gasteiger partial charge is 0.407 e. The minimum atomic E-state index is -2.37. The molecule has 0 radical (unpaired) electrons. The van der Waals surface area contributed by atoms with E-state index in [9.17, 15) is 51.3 Å². The fraction of sp³-hybridized carbons (Fsp3) is 0.302. The van der Waals surface area contributed by atoms with E-state index in [1.807, 2.05) is 250 Å². The lowest BCUT2D eigenvalue weighted by Crippen LogP contribution is -2.33. The van der Waals surface area contributed by atoms with E-state index in [2.05, 4.69) is 32.1 Å². The molecular weight excluding hydrogens is 1710 g/mol. The van der Waals surface area contributed by atoms with Gasteiger partial charge in [-0.05, 0) is 272 Å². The summed E-state index contributed by atoms with van der Waals surface area (Å²) in [5.41, 5.74) is 17.9. The molecule has 0 saturated carbocycles. The van der Waals surface area contributed by atoms with Gasteiger partial charge in [0.15, 0.2) is 0 Å². The number of nitrogens with one attached hydrogen (secondary N) is 3. The van der Waals surface area contributed by atoms with Gasteiger partial charge in [0.2, 0.25) is 46.4 Å². The highest BCUT2D eigenvalue weighted by Crippen LogP contribution is 2.34. The Balaban J connectivity index is 0.000000229. The monoisotopic (exact) mass is 1820 g/mol. The Morgan fingerprint density at radius 2 is 0.797 bits per heavy atom. The third-order valence-electron chi connectivity index (χ3n) is 19.0. The van der Waals surface area contributed by atoms with E-state index >= 15 is 0 Å². The van der Waals surface area contributed by atoms with Crippen LogP contribution in [0.1, 0.15) is 162 Å². The van der Waals surface area contributed by atoms with Gasteiger partial charge in [0.1, 0.15) is 78.2 Å². The number of carbonyl (C=O) groups is 4. The number of nitrogens with zero attached hydrogens (tertiary/aromatic N) is 2. The number of rotatable bonds is 37. The molecule has 702 valence electrons. The number of aliphatic hydroxyl groups is 3. The summed E-state index contributed by atoms with van der Waals surface area (Å²) in [5, 5.41) is 45.5. The molecule has 0 aliphatic heterocycles. The molecule has 11 aromatic rings. The minimum absolute atomic E-state index is 0.0334. The molecule has 0 unspecified atom stereocenters. The number of halogens is 5. The number of carbonyl (C=O) groups excluding carboxylic acids is 4. The van der Waals surface area contributed by atoms with Crippen molar-refractivity contribution in [2.75, 3.05) is 46.0 Å². The normalized spacial score (nSPS) is 10.7. The van der Waals surface area contributed by atoms with Crippen molar-refractivity contribution in [3.8, 4) is 46.3 Å². The van der Waals surface area contributed by atoms with Gasteiger partial charge in [-0.25, -0.2) is 32.4 Å². The van der Waals surface area contributed by atoms with Crippen LogP contribution in [0.15, 0.2) is 237 Å². The first-order valence-corrected chi connectivity index (χ1v) is 43.4. The second kappa shape index (κ2) is 55.2. The van der Waals surface area contributed by atoms with Crippen LogP contribution in [-0.2, 0) is 80.8 Å². The predicted octanol–water partition coefficient (Wildman–Crippen LogP) is 20.5. The number of aliphatic hydroxyl groups excluding tert-OH is 3. The number of esters is 1. The molecule has 0 aliphatic rings. The molecule has 22 nitrogen and oxygen atoms in total. The molecule has 0 spiro atoms. The Hall–Kier alpha value is -14.1. The summed E-state index contributed by atoms with van der Waals surface area (Å²) in [6.07, 6.45) is 5.15. The summed E-state index contributed by atoms with van der Waals surface area (Å²) in [6.45, 7) is 33.7. The highest BCUT2D eigenvalue weighted by Gasteiger charge is 2.30. The predicted molar refractivity (Wildman–Crippen MR) is 503 cm³/mol. The third-order valence-corrected chi connectivity index (χ3v) is 19.0. The van der Waals surface area contributed by atoms with Crippen LogP contribution in [-0.4, -0.2) is 109 Å². The van der Waals surface area contributed by atoms with Crippen molar-refractivity contribution in [2.24, 2.45) is 5.73 Å². The van der Waals surface area contributed by atoms with Crippen LogP contribution in [0, 0.1) is 47.0 Å². The number of hydrogen-bond acceptors (Lipinski definition) is 18. The van der Waals surface area contributed by atoms with Crippen LogP contribution in [0.4, 0.5) is 37.2 Å². The molecule has 0 atom stereocenters. The topological polar surface area (TPSA) is 302 Å². The first-order valence-electron chi connectivity index (χ1n) is 43.4. The van der Waals surface area contributed by atoms with Crippen LogP contribution < -0.4 is 54.8 Å². The third kappa shape index (κ3) is 37.4. The molecule has 8 N–H and O–H groups in total. The number of alkyl carbamates (subject to hydrolysis) is 2. The van der Waals surface area contributed by atoms with Crippen molar-refractivity contribution in [3.05, 3.63) is 361 Å². The van der Waals surface area contributed by atoms with Gasteiger partial charge < -0.3 is 79.6 Å². The molecule has 0 heterocycles. The maximum absolute atomic E-state index is 13.6. The average molecular weight is 1830 g/mol. The Kier molecular flexibility index (Phi) is 44.0. The summed E-state index contributed by atoms with van der Waals surface area (Å²) in [6, 6.07) is 73.7. The fourth-order valence-corrected chi connectivity index (χ4v) is 12.7. The highest BCUT2D eigenvalue weighted by atomic mass is 19.2. The van der Waals surface area contributed by atoms with Crippen molar-refractivity contribution in [3.63, 3.8) is 0 Å². The van der Waals surface area contributed by atoms with Crippen molar-refractivity contribution in [1.82, 2.24) is 16.0 Å². The summed E-state index contributed by atoms with van der Waals surface area (Å²) in [4.78, 5) is 51.5. The van der Waals surface area contributed by atoms with Gasteiger partial charge in [0.05, 0.1) is 29.9 Å². The van der Waals surface area contributed by atoms with E-state index < -0.39 is 64.2 Å². The van der Waals surface area contributed by atoms with Gasteiger partial charge in [0, 0.05) is 45.0 Å². The molecule has 3 amide bonds. The fourth-order valence-electron chi connectivity index (χ4n) is 12.7. The van der Waals surface area contributed by atoms with E-state index in [-0.39, 0.29) is 54.8 Å². The number of benzene rings is 11. The van der Waals surface area contributed by atoms with Gasteiger partial charge >= 0.3 is 18.2 Å². The maximum atomic E-state index is 13.6. The standard InChI is InChI=1S/C28H30N2O4.C22H29NO4.C22H27NO3.C17H10F5NO3.C17H21NO2/c1-20(2)34-27-12-10-24(18-26(27)29-3)28(32)30-15-13-22-9-11-25(17-23(22)14-16-31)33-19-21-7-5-4-6-8-21;1-22(2,3)27-21(25)23-13-11-18-9-10-20(15-19(18)12-14-24)26-16-17-7-5-4-6-8-17;1-5-18-15-20(25-16-17-9-7-6-8-10-17)12-11-19(18)13-14-23-21(24)26-22(2,3)4;1-7(2)25-10-4-3-8(5-9(10)6-23)17(24)26-16-14(21)12(19)11(18)13(20)15(16)22;18-10-8-15-6-7-17(12-16(15)9-11-19)20-13-14-4-2-1-3-5-14/h4-12,17-18,20,31H,13-16,19H2,1-2H3,(H,30,32);4-10,15,24H,11-14,16H2,1-3H3,(H,23,25);5-12,15H,1,13-14,16H2,2-4H3,(H,23,24);3-5,7H,1-2H3;1-7,12,19H,8-11,13,18H2. The van der Waals surface area contributed by atoms with Crippen molar-refractivity contribution >= 4 is 35.8 Å². The van der Waals surface area contributed by atoms with Crippen molar-refractivity contribution in [1.29, 1.82) is 5.26 Å². The zero-order valence-corrected chi connectivity index (χ0v) is 76.6. The lowest BCUT2D eigenvalue weighted by atomic mass is 10.0. The van der Waals surface area contributed by atoms with Crippen LogP contribution in [0.2, 0.25) is 0 Å². The molecule has 27 heteroatoms. The summed E-state index contributed by atoms with van der Waals surface area (Å²) in [7, 11) is 0. The molecule has 0 aromatic heterocycles. The van der Waals surface area contributed by atoms with Crippen LogP contribution in [0.3, 0.4) is 0 Å². The Morgan fingerprint density at radius 3 is 1.17 bits per heavy atom. The second-order valence-corrected chi connectivity index (χ2v) is 32.5. The lowest BCUT2D eigenvalue weighted by Gasteiger charge is -2.20.